The van der Waals surface area contributed by atoms with Gasteiger partial charge in [-0.05, 0) is 119 Å². The van der Waals surface area contributed by atoms with Gasteiger partial charge in [0.2, 0.25) is 5.79 Å². The zero-order valence-corrected chi connectivity index (χ0v) is 41.5. The number of aliphatic hydroxyl groups is 3. The number of hydrogen-bond donors (Lipinski definition) is 3. The number of ether oxygens (including phenoxy) is 6. The Bertz CT molecular complexity index is 1910. The maximum absolute atomic E-state index is 14.5. The van der Waals surface area contributed by atoms with Crippen LogP contribution in [-0.4, -0.2) is 133 Å². The number of carbonyl (C=O) groups excluding carboxylic acids is 4. The lowest BCUT2D eigenvalue weighted by molar-refractivity contribution is -0.302. The number of fused-ring (bicyclic) bond motifs is 3. The van der Waals surface area contributed by atoms with Crippen molar-refractivity contribution in [2.45, 2.75) is 173 Å². The molecule has 0 aromatic heterocycles. The fourth-order valence-corrected chi connectivity index (χ4v) is 10.9. The summed E-state index contributed by atoms with van der Waals surface area (Å²) >= 11 is 6.01. The van der Waals surface area contributed by atoms with Crippen LogP contribution in [0, 0.1) is 35.4 Å². The zero-order valence-electron chi connectivity index (χ0n) is 40.8. The molecular weight excluding hydrogens is 889 g/mol. The topological polar surface area (TPSA) is 188 Å². The van der Waals surface area contributed by atoms with Crippen LogP contribution in [0.4, 0.5) is 4.39 Å². The Labute approximate surface area is 400 Å². The Morgan fingerprint density at radius 1 is 0.955 bits per heavy atom. The van der Waals surface area contributed by atoms with Crippen LogP contribution in [0.1, 0.15) is 124 Å². The number of nitrogens with zero attached hydrogens (tertiary/aromatic N) is 1. The van der Waals surface area contributed by atoms with E-state index in [1.807, 2.05) is 32.9 Å². The second-order valence-corrected chi connectivity index (χ2v) is 20.1. The second-order valence-electron chi connectivity index (χ2n) is 19.7. The quantitative estimate of drug-likeness (QED) is 0.123. The number of Topliss-reactive ketones (excluding diaryl/α,β-unsaturated/α-hetero) is 2. The van der Waals surface area contributed by atoms with Crippen LogP contribution >= 0.6 is 11.6 Å². The number of allylic oxidation sites excluding steroid dienone is 3. The summed E-state index contributed by atoms with van der Waals surface area (Å²) in [7, 11) is 4.62. The predicted octanol–water partition coefficient (Wildman–Crippen LogP) is 7.02. The van der Waals surface area contributed by atoms with E-state index >= 15 is 0 Å². The number of piperidine rings is 1. The number of amides is 1. The van der Waals surface area contributed by atoms with Crippen molar-refractivity contribution in [3.05, 3.63) is 57.9 Å². The second kappa shape index (κ2) is 24.6. The fourth-order valence-electron chi connectivity index (χ4n) is 10.6. The first-order valence-electron chi connectivity index (χ1n) is 24.1. The van der Waals surface area contributed by atoms with Gasteiger partial charge in [0, 0.05) is 57.1 Å². The molecule has 1 aromatic carbocycles. The molecule has 3 N–H and O–H groups in total. The Morgan fingerprint density at radius 3 is 2.30 bits per heavy atom. The summed E-state index contributed by atoms with van der Waals surface area (Å²) in [6.07, 6.45) is 2.21. The van der Waals surface area contributed by atoms with Crippen LogP contribution in [0.5, 0.6) is 0 Å². The molecule has 15 unspecified atom stereocenters. The average Bonchev–Trinajstić information content (AvgIpc) is 3.30. The molecule has 0 radical (unpaired) electrons. The minimum Gasteiger partial charge on any atom is -0.456 e. The van der Waals surface area contributed by atoms with Crippen molar-refractivity contribution in [3.8, 4) is 0 Å². The Morgan fingerprint density at radius 2 is 1.64 bits per heavy atom. The molecule has 5 rings (SSSR count). The molecule has 3 aliphatic heterocycles. The van der Waals surface area contributed by atoms with Gasteiger partial charge >= 0.3 is 5.97 Å². The third-order valence-corrected chi connectivity index (χ3v) is 14.8. The van der Waals surface area contributed by atoms with Crippen molar-refractivity contribution in [3.63, 3.8) is 0 Å². The van der Waals surface area contributed by atoms with E-state index in [0.29, 0.717) is 62.5 Å². The first-order valence-corrected chi connectivity index (χ1v) is 24.5. The Balaban J connectivity index is 1.45. The van der Waals surface area contributed by atoms with Gasteiger partial charge in [-0.2, -0.15) is 0 Å². The van der Waals surface area contributed by atoms with Gasteiger partial charge in [0.15, 0.2) is 0 Å². The first kappa shape index (κ1) is 54.8. The SMILES string of the molecule is CCC1/C=C(\C)CC(C)CC(OC)C2OC(O)(C(=O)C(=O)N3CCCCC3C(=O)OC(C(C)=CC3CCC(OCC(O)c4cc(F)cc(Cl)c4)C(OC)C3)C(C)C(O)CC1=O)C(C)CC2OC. The number of carbonyl (C=O) groups is 4. The lowest BCUT2D eigenvalue weighted by atomic mass is 9.81. The predicted molar refractivity (Wildman–Crippen MR) is 248 cm³/mol. The molecule has 16 heteroatoms. The van der Waals surface area contributed by atoms with Crippen molar-refractivity contribution in [2.24, 2.45) is 29.6 Å². The summed E-state index contributed by atoms with van der Waals surface area (Å²) in [5.41, 5.74) is 1.89. The molecule has 3 heterocycles. The van der Waals surface area contributed by atoms with Crippen LogP contribution in [0.3, 0.4) is 0 Å². The van der Waals surface area contributed by atoms with E-state index in [9.17, 15) is 38.9 Å². The van der Waals surface area contributed by atoms with Gasteiger partial charge in [0.05, 0.1) is 37.1 Å². The van der Waals surface area contributed by atoms with Crippen LogP contribution in [0.15, 0.2) is 41.5 Å². The van der Waals surface area contributed by atoms with Gasteiger partial charge in [-0.3, -0.25) is 14.4 Å². The molecule has 3 fully saturated rings. The average molecular weight is 965 g/mol. The number of esters is 1. The number of ketones is 2. The van der Waals surface area contributed by atoms with Gasteiger partial charge in [-0.1, -0.05) is 57.0 Å². The van der Waals surface area contributed by atoms with Crippen molar-refractivity contribution >= 4 is 35.0 Å². The third kappa shape index (κ3) is 13.6. The molecule has 15 atom stereocenters. The van der Waals surface area contributed by atoms with E-state index in [1.54, 1.807) is 27.9 Å². The van der Waals surface area contributed by atoms with Gasteiger partial charge < -0.3 is 48.6 Å². The lowest BCUT2D eigenvalue weighted by Gasteiger charge is -2.47. The number of rotatable bonds is 10. The molecule has 376 valence electrons. The molecule has 1 saturated carbocycles. The zero-order chi connectivity index (χ0) is 49.3. The highest BCUT2D eigenvalue weighted by molar-refractivity contribution is 6.39. The van der Waals surface area contributed by atoms with Crippen LogP contribution in [0.25, 0.3) is 0 Å². The minimum absolute atomic E-state index is 0.00805. The number of benzene rings is 1. The number of hydrogen-bond acceptors (Lipinski definition) is 13. The van der Waals surface area contributed by atoms with E-state index in [2.05, 4.69) is 0 Å². The first-order chi connectivity index (χ1) is 31.7. The number of cyclic esters (lactones) is 1. The lowest BCUT2D eigenvalue weighted by Crippen LogP contribution is -2.64. The molecule has 4 aliphatic rings. The molecule has 14 nitrogen and oxygen atoms in total. The number of methoxy groups -OCH3 is 3. The van der Waals surface area contributed by atoms with Gasteiger partial charge in [0.25, 0.3) is 11.7 Å². The van der Waals surface area contributed by atoms with Crippen LogP contribution in [0.2, 0.25) is 5.02 Å². The normalized spacial score (nSPS) is 37.2. The molecule has 2 bridgehead atoms. The Hall–Kier alpha value is -3.12. The van der Waals surface area contributed by atoms with Crippen molar-refractivity contribution in [2.75, 3.05) is 34.5 Å². The standard InChI is InChI=1S/C51H75ClFNO13/c1-10-34-18-28(2)17-29(3)19-44(63-8)47-45(64-9)21-31(5)51(61,67-47)48(58)49(59)54-16-12-11-13-38(54)50(60)66-46(32(6)39(55)26-40(34)56)30(4)20-33-14-15-42(43(22-33)62-7)65-27-41(57)35-23-36(52)25-37(53)24-35/h18,20,23-25,29,31-34,38-39,41-47,55,57,61H,10-17,19,21-22,26-27H2,1-9H3/b28-18+,30-20?. The molecular formula is C51H75ClFNO13. The van der Waals surface area contributed by atoms with E-state index in [1.165, 1.54) is 31.3 Å². The van der Waals surface area contributed by atoms with E-state index < -0.39 is 89.7 Å². The van der Waals surface area contributed by atoms with E-state index in [0.717, 1.165) is 11.6 Å². The van der Waals surface area contributed by atoms with Gasteiger partial charge in [0.1, 0.15) is 36.0 Å². The summed E-state index contributed by atoms with van der Waals surface area (Å²) in [6, 6.07) is 2.67. The number of halogens is 2. The monoisotopic (exact) mass is 963 g/mol. The smallest absolute Gasteiger partial charge is 0.329 e. The maximum Gasteiger partial charge on any atom is 0.329 e. The third-order valence-electron chi connectivity index (χ3n) is 14.6. The van der Waals surface area contributed by atoms with Crippen molar-refractivity contribution in [1.29, 1.82) is 0 Å². The maximum atomic E-state index is 14.5. The van der Waals surface area contributed by atoms with E-state index in [-0.39, 0.29) is 67.3 Å². The minimum atomic E-state index is -2.54. The molecule has 1 amide bonds. The summed E-state index contributed by atoms with van der Waals surface area (Å²) in [4.78, 5) is 58.3. The van der Waals surface area contributed by atoms with Gasteiger partial charge in [-0.25, -0.2) is 9.18 Å². The fraction of sp³-hybridized carbons (Fsp3) is 0.725. The summed E-state index contributed by atoms with van der Waals surface area (Å²) in [5, 5.41) is 34.9. The van der Waals surface area contributed by atoms with Crippen molar-refractivity contribution in [1.82, 2.24) is 4.90 Å². The molecule has 1 aliphatic carbocycles. The van der Waals surface area contributed by atoms with E-state index in [4.69, 9.17) is 40.0 Å². The summed E-state index contributed by atoms with van der Waals surface area (Å²) in [6.45, 7) is 11.0. The molecule has 67 heavy (non-hydrogen) atoms. The van der Waals surface area contributed by atoms with Crippen LogP contribution in [-0.2, 0) is 47.6 Å². The summed E-state index contributed by atoms with van der Waals surface area (Å²) < 4.78 is 50.3. The van der Waals surface area contributed by atoms with Crippen LogP contribution < -0.4 is 0 Å². The highest BCUT2D eigenvalue weighted by Gasteiger charge is 2.56. The number of aliphatic hydroxyl groups excluding tert-OH is 2. The molecule has 2 saturated heterocycles. The molecule has 0 spiro atoms. The summed E-state index contributed by atoms with van der Waals surface area (Å²) in [5.74, 6) is -8.46. The van der Waals surface area contributed by atoms with Crippen molar-refractivity contribution < 1.29 is 67.3 Å². The van der Waals surface area contributed by atoms with Gasteiger partial charge in [-0.15, -0.1) is 0 Å². The highest BCUT2D eigenvalue weighted by Crippen LogP contribution is 2.40. The largest absolute Gasteiger partial charge is 0.456 e. The molecule has 1 aromatic rings. The highest BCUT2D eigenvalue weighted by atomic mass is 35.5. The Kier molecular flexibility index (Phi) is 20.1.